The molecule has 0 bridgehead atoms. The van der Waals surface area contributed by atoms with Gasteiger partial charge < -0.3 is 20.6 Å². The fraction of sp³-hybridized carbons (Fsp3) is 0.593. The summed E-state index contributed by atoms with van der Waals surface area (Å²) in [6, 6.07) is 2.04. The van der Waals surface area contributed by atoms with E-state index in [0.29, 0.717) is 38.3 Å². The van der Waals surface area contributed by atoms with Gasteiger partial charge in [0.15, 0.2) is 0 Å². The number of carbonyl (C=O) groups excluding carboxylic acids is 2. The molecular formula is C27H37F2N5O3S. The van der Waals surface area contributed by atoms with Crippen LogP contribution in [0.15, 0.2) is 23.6 Å². The number of thiazole rings is 1. The summed E-state index contributed by atoms with van der Waals surface area (Å²) in [5, 5.41) is 20.7. The minimum atomic E-state index is -1.03. The summed E-state index contributed by atoms with van der Waals surface area (Å²) in [6.45, 7) is 7.56. The van der Waals surface area contributed by atoms with E-state index in [1.807, 2.05) is 19.2 Å². The number of carbonyl (C=O) groups is 2. The summed E-state index contributed by atoms with van der Waals surface area (Å²) in [5.74, 6) is -2.34. The molecule has 2 saturated heterocycles. The lowest BCUT2D eigenvalue weighted by molar-refractivity contribution is -0.129. The molecular weight excluding hydrogens is 512 g/mol. The van der Waals surface area contributed by atoms with Crippen molar-refractivity contribution in [2.75, 3.05) is 32.7 Å². The molecule has 208 valence electrons. The topological polar surface area (TPSA) is 97.8 Å². The molecule has 1 aromatic heterocycles. The third-order valence-corrected chi connectivity index (χ3v) is 8.06. The Morgan fingerprint density at radius 1 is 1.29 bits per heavy atom. The number of aromatic nitrogens is 1. The predicted molar refractivity (Wildman–Crippen MR) is 142 cm³/mol. The quantitative estimate of drug-likeness (QED) is 0.398. The van der Waals surface area contributed by atoms with Crippen LogP contribution >= 0.6 is 11.3 Å². The number of benzene rings is 1. The van der Waals surface area contributed by atoms with E-state index in [0.717, 1.165) is 36.2 Å². The fourth-order valence-electron chi connectivity index (χ4n) is 5.26. The largest absolute Gasteiger partial charge is 0.389 e. The molecule has 1 unspecified atom stereocenters. The van der Waals surface area contributed by atoms with E-state index < -0.39 is 29.7 Å². The Kier molecular flexibility index (Phi) is 9.80. The number of hydrogen-bond donors (Lipinski definition) is 3. The van der Waals surface area contributed by atoms with Crippen molar-refractivity contribution in [3.8, 4) is 0 Å². The molecule has 0 aliphatic carbocycles. The number of likely N-dealkylation sites (tertiary alicyclic amines) is 1. The van der Waals surface area contributed by atoms with Gasteiger partial charge in [0, 0.05) is 63.2 Å². The van der Waals surface area contributed by atoms with E-state index in [1.165, 1.54) is 12.1 Å². The van der Waals surface area contributed by atoms with Crippen LogP contribution in [0.1, 0.15) is 42.5 Å². The molecule has 38 heavy (non-hydrogen) atoms. The fourth-order valence-corrected chi connectivity index (χ4v) is 5.86. The molecule has 1 aromatic carbocycles. The van der Waals surface area contributed by atoms with E-state index in [9.17, 15) is 23.5 Å². The van der Waals surface area contributed by atoms with Crippen LogP contribution in [0.25, 0.3) is 0 Å². The van der Waals surface area contributed by atoms with Gasteiger partial charge in [0.1, 0.15) is 11.6 Å². The number of rotatable bonds is 11. The van der Waals surface area contributed by atoms with Crippen molar-refractivity contribution < 1.29 is 23.5 Å². The van der Waals surface area contributed by atoms with E-state index in [4.69, 9.17) is 0 Å². The molecule has 2 fully saturated rings. The average molecular weight is 550 g/mol. The molecule has 3 N–H and O–H groups in total. The van der Waals surface area contributed by atoms with Gasteiger partial charge in [-0.05, 0) is 37.5 Å². The maximum atomic E-state index is 13.9. The van der Waals surface area contributed by atoms with Crippen molar-refractivity contribution in [1.29, 1.82) is 0 Å². The zero-order chi connectivity index (χ0) is 27.2. The second kappa shape index (κ2) is 13.1. The lowest BCUT2D eigenvalue weighted by Crippen LogP contribution is -2.61. The normalized spacial score (nSPS) is 22.0. The zero-order valence-electron chi connectivity index (χ0n) is 22.0. The highest BCUT2D eigenvalue weighted by Gasteiger charge is 2.37. The third-order valence-electron chi connectivity index (χ3n) is 7.24. The average Bonchev–Trinajstić information content (AvgIpc) is 3.45. The summed E-state index contributed by atoms with van der Waals surface area (Å²) >= 11 is 1.59. The summed E-state index contributed by atoms with van der Waals surface area (Å²) < 4.78 is 27.9. The molecule has 2 aromatic rings. The highest BCUT2D eigenvalue weighted by molar-refractivity contribution is 7.09. The first-order valence-electron chi connectivity index (χ1n) is 13.3. The van der Waals surface area contributed by atoms with Crippen LogP contribution in [-0.2, 0) is 22.6 Å². The van der Waals surface area contributed by atoms with Crippen LogP contribution in [0.2, 0.25) is 0 Å². The first kappa shape index (κ1) is 28.5. The standard InChI is InChI=1S/C27H37F2N5O3S/c1-3-4-6-34-13-19(11-25(34)35)27(37)32-23(10-18-8-20(28)12-21(29)9-18)26(36)24-15-33(7-5-30-24)14-22-16-38-17(2)31-22/h8-9,12,16,19,23-24,26,30,36H,3-7,10-11,13-15H2,1-2H3,(H,32,37)/t19?,23-,24+,26-/m0/s1. The van der Waals surface area contributed by atoms with Gasteiger partial charge in [-0.2, -0.15) is 0 Å². The van der Waals surface area contributed by atoms with Crippen molar-refractivity contribution >= 4 is 23.2 Å². The Labute approximate surface area is 226 Å². The highest BCUT2D eigenvalue weighted by Crippen LogP contribution is 2.21. The summed E-state index contributed by atoms with van der Waals surface area (Å²) in [4.78, 5) is 34.1. The SMILES string of the molecule is CCCCN1CC(C(=O)N[C@@H](Cc2cc(F)cc(F)c2)[C@H](O)[C@H]2CN(Cc3csc(C)n3)CCN2)CC1=O. The minimum absolute atomic E-state index is 0.0469. The van der Waals surface area contributed by atoms with Gasteiger partial charge in [0.2, 0.25) is 11.8 Å². The molecule has 8 nitrogen and oxygen atoms in total. The molecule has 4 atom stereocenters. The minimum Gasteiger partial charge on any atom is -0.389 e. The summed E-state index contributed by atoms with van der Waals surface area (Å²) in [7, 11) is 0. The molecule has 0 spiro atoms. The van der Waals surface area contributed by atoms with Gasteiger partial charge in [-0.25, -0.2) is 13.8 Å². The van der Waals surface area contributed by atoms with Crippen LogP contribution in [0.4, 0.5) is 8.78 Å². The Bertz CT molecular complexity index is 1100. The number of aliphatic hydroxyl groups excluding tert-OH is 1. The highest BCUT2D eigenvalue weighted by atomic mass is 32.1. The number of piperazine rings is 1. The van der Waals surface area contributed by atoms with Gasteiger partial charge in [-0.15, -0.1) is 11.3 Å². The second-order valence-corrected chi connectivity index (χ2v) is 11.4. The molecule has 3 heterocycles. The van der Waals surface area contributed by atoms with Crippen molar-refractivity contribution in [2.45, 2.75) is 64.3 Å². The summed E-state index contributed by atoms with van der Waals surface area (Å²) in [6.07, 6.45) is 0.961. The molecule has 2 aliphatic rings. The van der Waals surface area contributed by atoms with Crippen molar-refractivity contribution in [3.05, 3.63) is 51.5 Å². The number of amides is 2. The van der Waals surface area contributed by atoms with E-state index >= 15 is 0 Å². The van der Waals surface area contributed by atoms with Crippen LogP contribution in [-0.4, -0.2) is 82.6 Å². The van der Waals surface area contributed by atoms with Crippen LogP contribution in [0, 0.1) is 24.5 Å². The van der Waals surface area contributed by atoms with Gasteiger partial charge in [-0.1, -0.05) is 13.3 Å². The first-order valence-corrected chi connectivity index (χ1v) is 14.2. The van der Waals surface area contributed by atoms with E-state index in [-0.39, 0.29) is 30.7 Å². The predicted octanol–water partition coefficient (Wildman–Crippen LogP) is 2.24. The zero-order valence-corrected chi connectivity index (χ0v) is 22.8. The number of hydrogen-bond acceptors (Lipinski definition) is 7. The number of aliphatic hydroxyl groups is 1. The molecule has 2 amide bonds. The van der Waals surface area contributed by atoms with Gasteiger partial charge in [0.25, 0.3) is 0 Å². The Hall–Kier alpha value is -2.47. The van der Waals surface area contributed by atoms with Crippen LogP contribution < -0.4 is 10.6 Å². The van der Waals surface area contributed by atoms with Gasteiger partial charge in [-0.3, -0.25) is 14.5 Å². The Balaban J connectivity index is 1.46. The van der Waals surface area contributed by atoms with Gasteiger partial charge >= 0.3 is 0 Å². The van der Waals surface area contributed by atoms with E-state index in [1.54, 1.807) is 16.2 Å². The van der Waals surface area contributed by atoms with Crippen molar-refractivity contribution in [1.82, 2.24) is 25.4 Å². The molecule has 11 heteroatoms. The maximum Gasteiger partial charge on any atom is 0.225 e. The van der Waals surface area contributed by atoms with Crippen molar-refractivity contribution in [2.24, 2.45) is 5.92 Å². The van der Waals surface area contributed by atoms with Crippen LogP contribution in [0.3, 0.4) is 0 Å². The first-order chi connectivity index (χ1) is 18.2. The van der Waals surface area contributed by atoms with E-state index in [2.05, 4.69) is 20.5 Å². The number of nitrogens with zero attached hydrogens (tertiary/aromatic N) is 3. The molecule has 0 saturated carbocycles. The van der Waals surface area contributed by atoms with Gasteiger partial charge in [0.05, 0.1) is 28.8 Å². The lowest BCUT2D eigenvalue weighted by Gasteiger charge is -2.38. The van der Waals surface area contributed by atoms with Crippen molar-refractivity contribution in [3.63, 3.8) is 0 Å². The molecule has 2 aliphatic heterocycles. The number of halogens is 2. The number of unbranched alkanes of at least 4 members (excludes halogenated alkanes) is 1. The smallest absolute Gasteiger partial charge is 0.225 e. The Morgan fingerprint density at radius 3 is 2.74 bits per heavy atom. The summed E-state index contributed by atoms with van der Waals surface area (Å²) in [5.41, 5.74) is 1.31. The number of nitrogens with one attached hydrogen (secondary N) is 2. The third kappa shape index (κ3) is 7.56. The molecule has 0 radical (unpaired) electrons. The maximum absolute atomic E-state index is 13.9. The monoisotopic (exact) mass is 549 g/mol. The molecule has 4 rings (SSSR count). The lowest BCUT2D eigenvalue weighted by atomic mass is 9.94. The number of aryl methyl sites for hydroxylation is 1. The second-order valence-electron chi connectivity index (χ2n) is 10.3. The van der Waals surface area contributed by atoms with Crippen LogP contribution in [0.5, 0.6) is 0 Å². The Morgan fingerprint density at radius 2 is 2.05 bits per heavy atom.